The Morgan fingerprint density at radius 3 is 2.46 bits per heavy atom. The molecule has 0 unspecified atom stereocenters. The van der Waals surface area contributed by atoms with Gasteiger partial charge in [0.05, 0.1) is 5.57 Å². The summed E-state index contributed by atoms with van der Waals surface area (Å²) in [5, 5.41) is 18.8. The first kappa shape index (κ1) is 9.47. The van der Waals surface area contributed by atoms with Gasteiger partial charge in [-0.2, -0.15) is 0 Å². The van der Waals surface area contributed by atoms with Crippen LogP contribution in [0.5, 0.6) is 0 Å². The van der Waals surface area contributed by atoms with Crippen LogP contribution >= 0.6 is 11.3 Å². The fourth-order valence-corrected chi connectivity index (χ4v) is 1.53. The first-order chi connectivity index (χ1) is 6.11. The van der Waals surface area contributed by atoms with Crippen molar-refractivity contribution in [1.82, 2.24) is 0 Å². The minimum absolute atomic E-state index is 0.192. The van der Waals surface area contributed by atoms with Crippen LogP contribution in [0.3, 0.4) is 0 Å². The van der Waals surface area contributed by atoms with Gasteiger partial charge in [0.25, 0.3) is 0 Å². The molecule has 0 bridgehead atoms. The second-order valence-corrected chi connectivity index (χ2v) is 3.13. The molecule has 0 aliphatic heterocycles. The summed E-state index contributed by atoms with van der Waals surface area (Å²) in [4.78, 5) is 21.3. The third-order valence-electron chi connectivity index (χ3n) is 1.28. The van der Waals surface area contributed by atoms with E-state index in [1.807, 2.05) is 0 Å². The highest BCUT2D eigenvalue weighted by atomic mass is 32.1. The molecule has 4 nitrogen and oxygen atoms in total. The predicted molar refractivity (Wildman–Crippen MR) is 47.6 cm³/mol. The van der Waals surface area contributed by atoms with Crippen molar-refractivity contribution in [2.24, 2.45) is 0 Å². The minimum Gasteiger partial charge on any atom is -0.478 e. The van der Waals surface area contributed by atoms with Gasteiger partial charge in [0.2, 0.25) is 0 Å². The van der Waals surface area contributed by atoms with Crippen molar-refractivity contribution < 1.29 is 19.8 Å². The molecule has 2 N–H and O–H groups in total. The molecule has 0 saturated heterocycles. The molecule has 0 saturated carbocycles. The van der Waals surface area contributed by atoms with Gasteiger partial charge in [0.1, 0.15) is 0 Å². The molecule has 1 heterocycles. The van der Waals surface area contributed by atoms with Gasteiger partial charge in [0.15, 0.2) is 0 Å². The number of thiophene rings is 1. The van der Waals surface area contributed by atoms with Crippen molar-refractivity contribution in [3.8, 4) is 0 Å². The van der Waals surface area contributed by atoms with Crippen LogP contribution in [0.25, 0.3) is 5.57 Å². The van der Waals surface area contributed by atoms with Crippen molar-refractivity contribution in [3.05, 3.63) is 28.5 Å². The van der Waals surface area contributed by atoms with Crippen LogP contribution in [-0.4, -0.2) is 22.2 Å². The Morgan fingerprint density at radius 1 is 1.38 bits per heavy atom. The van der Waals surface area contributed by atoms with Gasteiger partial charge in [-0.3, -0.25) is 0 Å². The van der Waals surface area contributed by atoms with Crippen LogP contribution in [0.1, 0.15) is 4.88 Å². The Kier molecular flexibility index (Phi) is 2.81. The van der Waals surface area contributed by atoms with Crippen LogP contribution in [-0.2, 0) is 9.59 Å². The minimum atomic E-state index is -1.26. The number of carboxylic acid groups (broad SMARTS) is 2. The summed E-state index contributed by atoms with van der Waals surface area (Å²) in [6.45, 7) is 0. The maximum absolute atomic E-state index is 10.6. The first-order valence-corrected chi connectivity index (χ1v) is 4.21. The lowest BCUT2D eigenvalue weighted by atomic mass is 10.2. The second-order valence-electron chi connectivity index (χ2n) is 2.18. The summed E-state index contributed by atoms with van der Waals surface area (Å²) in [5.74, 6) is -2.49. The highest BCUT2D eigenvalue weighted by molar-refractivity contribution is 7.11. The Labute approximate surface area is 77.8 Å². The Bertz CT molecular complexity index is 350. The summed E-state index contributed by atoms with van der Waals surface area (Å²) in [6.07, 6.45) is 0.689. The number of carboxylic acids is 2. The summed E-state index contributed by atoms with van der Waals surface area (Å²) in [5.41, 5.74) is -0.192. The first-order valence-electron chi connectivity index (χ1n) is 3.33. The smallest absolute Gasteiger partial charge is 0.337 e. The average molecular weight is 198 g/mol. The molecule has 13 heavy (non-hydrogen) atoms. The molecule has 0 amide bonds. The summed E-state index contributed by atoms with van der Waals surface area (Å²) >= 11 is 1.19. The maximum atomic E-state index is 10.6. The van der Waals surface area contributed by atoms with Crippen LogP contribution < -0.4 is 0 Å². The lowest BCUT2D eigenvalue weighted by Gasteiger charge is -1.95. The molecular weight excluding hydrogens is 192 g/mol. The maximum Gasteiger partial charge on any atom is 0.337 e. The van der Waals surface area contributed by atoms with E-state index in [1.165, 1.54) is 11.3 Å². The number of aliphatic carboxylic acids is 2. The van der Waals surface area contributed by atoms with Gasteiger partial charge < -0.3 is 10.2 Å². The average Bonchev–Trinajstić information content (AvgIpc) is 2.50. The predicted octanol–water partition coefficient (Wildman–Crippen LogP) is 1.30. The van der Waals surface area contributed by atoms with Gasteiger partial charge in [0, 0.05) is 11.0 Å². The van der Waals surface area contributed by atoms with Gasteiger partial charge in [-0.1, -0.05) is 6.07 Å². The molecule has 0 atom stereocenters. The molecule has 68 valence electrons. The van der Waals surface area contributed by atoms with Gasteiger partial charge >= 0.3 is 11.9 Å². The molecule has 1 aromatic rings. The van der Waals surface area contributed by atoms with Crippen molar-refractivity contribution >= 4 is 28.8 Å². The monoisotopic (exact) mass is 198 g/mol. The Balaban J connectivity index is 3.08. The molecule has 1 rings (SSSR count). The number of carbonyl (C=O) groups is 2. The molecule has 1 aromatic heterocycles. The van der Waals surface area contributed by atoms with Crippen LogP contribution in [0.2, 0.25) is 0 Å². The summed E-state index contributed by atoms with van der Waals surface area (Å²) in [6, 6.07) is 3.23. The number of rotatable bonds is 3. The second kappa shape index (κ2) is 3.86. The van der Waals surface area contributed by atoms with E-state index in [0.717, 1.165) is 0 Å². The number of hydrogen-bond acceptors (Lipinski definition) is 3. The van der Waals surface area contributed by atoms with Crippen molar-refractivity contribution in [2.45, 2.75) is 0 Å². The van der Waals surface area contributed by atoms with Crippen LogP contribution in [0, 0.1) is 0 Å². The van der Waals surface area contributed by atoms with E-state index in [0.29, 0.717) is 11.0 Å². The highest BCUT2D eigenvalue weighted by Crippen LogP contribution is 2.19. The Morgan fingerprint density at radius 2 is 2.08 bits per heavy atom. The fraction of sp³-hybridized carbons (Fsp3) is 0. The molecule has 0 spiro atoms. The standard InChI is InChI=1S/C8H6O4S/c9-7(10)4-5(8(11)12)6-2-1-3-13-6/h1-4H,(H,9,10)(H,11,12)/b5-4+. The van der Waals surface area contributed by atoms with Crippen molar-refractivity contribution in [1.29, 1.82) is 0 Å². The van der Waals surface area contributed by atoms with E-state index >= 15 is 0 Å². The topological polar surface area (TPSA) is 74.6 Å². The fourth-order valence-electron chi connectivity index (χ4n) is 0.794. The zero-order chi connectivity index (χ0) is 9.84. The molecule has 5 heteroatoms. The third kappa shape index (κ3) is 2.41. The molecule has 0 aliphatic rings. The van der Waals surface area contributed by atoms with E-state index in [9.17, 15) is 9.59 Å². The van der Waals surface area contributed by atoms with E-state index in [-0.39, 0.29) is 5.57 Å². The zero-order valence-electron chi connectivity index (χ0n) is 6.43. The molecule has 0 aromatic carbocycles. The van der Waals surface area contributed by atoms with Crippen LogP contribution in [0.4, 0.5) is 0 Å². The normalized spacial score (nSPS) is 11.2. The lowest BCUT2D eigenvalue weighted by molar-refractivity contribution is -0.133. The molecule has 0 aliphatic carbocycles. The zero-order valence-corrected chi connectivity index (χ0v) is 7.25. The largest absolute Gasteiger partial charge is 0.478 e. The quantitative estimate of drug-likeness (QED) is 0.718. The highest BCUT2D eigenvalue weighted by Gasteiger charge is 2.12. The van der Waals surface area contributed by atoms with Crippen molar-refractivity contribution in [2.75, 3.05) is 0 Å². The molecular formula is C8H6O4S. The summed E-state index contributed by atoms with van der Waals surface area (Å²) < 4.78 is 0. The lowest BCUT2D eigenvalue weighted by Crippen LogP contribution is -2.01. The molecule has 0 fully saturated rings. The van der Waals surface area contributed by atoms with E-state index in [2.05, 4.69) is 0 Å². The van der Waals surface area contributed by atoms with Gasteiger partial charge in [-0.05, 0) is 11.4 Å². The SMILES string of the molecule is O=C(O)/C=C(/C(=O)O)c1cccs1. The van der Waals surface area contributed by atoms with Crippen molar-refractivity contribution in [3.63, 3.8) is 0 Å². The number of hydrogen-bond donors (Lipinski definition) is 2. The van der Waals surface area contributed by atoms with E-state index < -0.39 is 11.9 Å². The van der Waals surface area contributed by atoms with E-state index in [4.69, 9.17) is 10.2 Å². The van der Waals surface area contributed by atoms with Gasteiger partial charge in [-0.25, -0.2) is 9.59 Å². The van der Waals surface area contributed by atoms with Gasteiger partial charge in [-0.15, -0.1) is 11.3 Å². The van der Waals surface area contributed by atoms with E-state index in [1.54, 1.807) is 17.5 Å². The summed E-state index contributed by atoms with van der Waals surface area (Å²) in [7, 11) is 0. The molecule has 0 radical (unpaired) electrons. The third-order valence-corrected chi connectivity index (χ3v) is 2.19. The van der Waals surface area contributed by atoms with Crippen LogP contribution in [0.15, 0.2) is 23.6 Å². The Hall–Kier alpha value is -1.62.